The van der Waals surface area contributed by atoms with Gasteiger partial charge in [-0.25, -0.2) is 0 Å². The minimum Gasteiger partial charge on any atom is -0.548 e. The van der Waals surface area contributed by atoms with E-state index in [1.807, 2.05) is 0 Å². The minimum absolute atomic E-state index is 0. The average Bonchev–Trinajstić information content (AvgIpc) is 3.06. The first-order chi connectivity index (χ1) is 11.2. The van der Waals surface area contributed by atoms with E-state index in [9.17, 15) is 29.7 Å². The smallest absolute Gasteiger partial charge is 0.548 e. The zero-order chi connectivity index (χ0) is 17.8. The summed E-state index contributed by atoms with van der Waals surface area (Å²) in [5, 5.41) is 30.6. The summed E-state index contributed by atoms with van der Waals surface area (Å²) in [7, 11) is 0. The molecule has 3 heterocycles. The maximum absolute atomic E-state index is 12.5. The molecule has 0 aromatic heterocycles. The van der Waals surface area contributed by atoms with Crippen LogP contribution in [-0.2, 0) is 14.4 Å². The van der Waals surface area contributed by atoms with Gasteiger partial charge in [-0.3, -0.25) is 9.59 Å². The van der Waals surface area contributed by atoms with Crippen molar-refractivity contribution in [3.63, 3.8) is 0 Å². The first kappa shape index (κ1) is 21.0. The predicted octanol–water partition coefficient (Wildman–Crippen LogP) is -5.24. The molecule has 3 rings (SSSR count). The van der Waals surface area contributed by atoms with Gasteiger partial charge in [0, 0.05) is 11.3 Å². The Morgan fingerprint density at radius 3 is 2.64 bits per heavy atom. The van der Waals surface area contributed by atoms with Gasteiger partial charge in [-0.2, -0.15) is 0 Å². The summed E-state index contributed by atoms with van der Waals surface area (Å²) < 4.78 is -0.752. The van der Waals surface area contributed by atoms with Crippen LogP contribution in [0.25, 0.3) is 0 Å². The van der Waals surface area contributed by atoms with Gasteiger partial charge in [-0.15, -0.1) is 11.8 Å². The number of thioether (sulfide) groups is 1. The molecule has 3 aliphatic rings. The quantitative estimate of drug-likeness (QED) is 0.369. The van der Waals surface area contributed by atoms with Crippen LogP contribution in [-0.4, -0.2) is 79.3 Å². The minimum atomic E-state index is -1.52. The van der Waals surface area contributed by atoms with E-state index in [4.69, 9.17) is 0 Å². The van der Waals surface area contributed by atoms with Crippen molar-refractivity contribution in [1.82, 2.24) is 9.80 Å². The number of likely N-dealkylation sites (tertiary alicyclic amines) is 1. The first-order valence-electron chi connectivity index (χ1n) is 8.01. The van der Waals surface area contributed by atoms with Gasteiger partial charge in [0.2, 0.25) is 5.91 Å². The number of carboxylic acid groups (broad SMARTS) is 1. The number of aliphatic hydroxyl groups excluding tert-OH is 2. The van der Waals surface area contributed by atoms with E-state index < -0.39 is 46.0 Å². The fourth-order valence-corrected chi connectivity index (χ4v) is 5.66. The van der Waals surface area contributed by atoms with Crippen molar-refractivity contribution in [2.45, 2.75) is 55.0 Å². The molecule has 0 saturated carbocycles. The van der Waals surface area contributed by atoms with Crippen LogP contribution in [0.4, 0.5) is 0 Å². The number of hydrogen-bond donors (Lipinski definition) is 2. The van der Waals surface area contributed by atoms with Gasteiger partial charge in [0.15, 0.2) is 0 Å². The second-order valence-electron chi connectivity index (χ2n) is 7.06. The Morgan fingerprint density at radius 2 is 2.08 bits per heavy atom. The SMILES string of the molecule is CC1(C)S[C@@H]2[C@H]([C@H](O)C(=O)N3CCCC3CO)C(=O)N2[C@H]1C(=O)[O-].[Na+]. The molecule has 0 bridgehead atoms. The Morgan fingerprint density at radius 1 is 1.44 bits per heavy atom. The Kier molecular flexibility index (Phi) is 6.18. The molecule has 2 amide bonds. The third-order valence-corrected chi connectivity index (χ3v) is 6.76. The molecule has 0 aromatic rings. The van der Waals surface area contributed by atoms with Crippen molar-refractivity contribution >= 4 is 29.5 Å². The van der Waals surface area contributed by atoms with E-state index >= 15 is 0 Å². The number of carboxylic acids is 1. The maximum Gasteiger partial charge on any atom is 1.00 e. The molecule has 3 fully saturated rings. The number of aliphatic carboxylic acids is 1. The molecule has 3 aliphatic heterocycles. The zero-order valence-electron chi connectivity index (χ0n) is 14.5. The van der Waals surface area contributed by atoms with Gasteiger partial charge in [0.25, 0.3) is 5.91 Å². The first-order valence-corrected chi connectivity index (χ1v) is 8.89. The third kappa shape index (κ3) is 3.23. The standard InChI is InChI=1S/C15H22N2O6S.Na/c1-15(2)10(14(22)23)17-11(20)8(13(17)24-15)9(19)12(21)16-5-3-4-7(16)6-18;/h7-10,13,18-19H,3-6H2,1-2H3,(H,22,23);/q;+1/p-1/t7?,8-,9+,10+,13-;/m1./s1. The van der Waals surface area contributed by atoms with Crippen LogP contribution in [0.1, 0.15) is 26.7 Å². The van der Waals surface area contributed by atoms with Crippen LogP contribution >= 0.6 is 11.8 Å². The van der Waals surface area contributed by atoms with Crippen LogP contribution in [0.5, 0.6) is 0 Å². The normalized spacial score (nSPS) is 34.2. The number of fused-ring (bicyclic) bond motifs is 1. The molecule has 1 unspecified atom stereocenters. The Balaban J connectivity index is 0.00000225. The number of carbonyl (C=O) groups is 3. The van der Waals surface area contributed by atoms with Crippen LogP contribution < -0.4 is 34.7 Å². The predicted molar refractivity (Wildman–Crippen MR) is 82.4 cm³/mol. The fourth-order valence-electron chi connectivity index (χ4n) is 3.95. The van der Waals surface area contributed by atoms with Gasteiger partial charge in [-0.1, -0.05) is 0 Å². The molecular weight excluding hydrogens is 359 g/mol. The van der Waals surface area contributed by atoms with Gasteiger partial charge in [0.05, 0.1) is 30.0 Å². The number of carbonyl (C=O) groups excluding carboxylic acids is 3. The molecule has 134 valence electrons. The summed E-state index contributed by atoms with van der Waals surface area (Å²) in [6.45, 7) is 3.67. The van der Waals surface area contributed by atoms with Crippen molar-refractivity contribution in [3.05, 3.63) is 0 Å². The molecular formula is C15H21N2NaO6S. The van der Waals surface area contributed by atoms with Crippen molar-refractivity contribution in [3.8, 4) is 0 Å². The monoisotopic (exact) mass is 380 g/mol. The van der Waals surface area contributed by atoms with Crippen molar-refractivity contribution in [2.24, 2.45) is 5.92 Å². The number of β-lactam (4-membered cyclic amide) rings is 1. The van der Waals surface area contributed by atoms with Gasteiger partial charge >= 0.3 is 29.6 Å². The van der Waals surface area contributed by atoms with Crippen LogP contribution in [0, 0.1) is 5.92 Å². The van der Waals surface area contributed by atoms with E-state index in [0.717, 1.165) is 6.42 Å². The molecule has 2 N–H and O–H groups in total. The third-order valence-electron chi connectivity index (χ3n) is 5.17. The fraction of sp³-hybridized carbons (Fsp3) is 0.800. The number of nitrogens with zero attached hydrogens (tertiary/aromatic N) is 2. The summed E-state index contributed by atoms with van der Waals surface area (Å²) >= 11 is 1.26. The summed E-state index contributed by atoms with van der Waals surface area (Å²) in [5.74, 6) is -3.39. The molecule has 0 spiro atoms. The van der Waals surface area contributed by atoms with E-state index in [0.29, 0.717) is 13.0 Å². The average molecular weight is 380 g/mol. The van der Waals surface area contributed by atoms with Gasteiger partial charge < -0.3 is 29.9 Å². The number of rotatable bonds is 4. The van der Waals surface area contributed by atoms with Crippen LogP contribution in [0.3, 0.4) is 0 Å². The second-order valence-corrected chi connectivity index (χ2v) is 8.83. The molecule has 3 saturated heterocycles. The summed E-state index contributed by atoms with van der Waals surface area (Å²) in [6.07, 6.45) is -0.112. The molecule has 0 aromatic carbocycles. The molecule has 25 heavy (non-hydrogen) atoms. The molecule has 8 nitrogen and oxygen atoms in total. The van der Waals surface area contributed by atoms with Crippen molar-refractivity contribution in [1.29, 1.82) is 0 Å². The molecule has 10 heteroatoms. The topological polar surface area (TPSA) is 121 Å². The number of amides is 2. The Hall–Kier alpha value is -0.320. The maximum atomic E-state index is 12.5. The van der Waals surface area contributed by atoms with Crippen LogP contribution in [0.2, 0.25) is 0 Å². The number of aliphatic hydroxyl groups is 2. The van der Waals surface area contributed by atoms with Crippen molar-refractivity contribution < 1.29 is 59.3 Å². The summed E-state index contributed by atoms with van der Waals surface area (Å²) in [4.78, 5) is 38.9. The molecule has 5 atom stereocenters. The number of hydrogen-bond acceptors (Lipinski definition) is 7. The van der Waals surface area contributed by atoms with Gasteiger partial charge in [-0.05, 0) is 26.7 Å². The second kappa shape index (κ2) is 7.36. The van der Waals surface area contributed by atoms with E-state index in [1.54, 1.807) is 13.8 Å². The van der Waals surface area contributed by atoms with E-state index in [2.05, 4.69) is 0 Å². The summed E-state index contributed by atoms with van der Waals surface area (Å²) in [6, 6.07) is -1.40. The van der Waals surface area contributed by atoms with Gasteiger partial charge in [0.1, 0.15) is 12.0 Å². The van der Waals surface area contributed by atoms with Crippen molar-refractivity contribution in [2.75, 3.05) is 13.2 Å². The zero-order valence-corrected chi connectivity index (χ0v) is 17.4. The Labute approximate surface area is 172 Å². The summed E-state index contributed by atoms with van der Waals surface area (Å²) in [5.41, 5.74) is 0. The Bertz CT molecular complexity index is 588. The molecule has 0 aliphatic carbocycles. The largest absolute Gasteiger partial charge is 1.00 e. The van der Waals surface area contributed by atoms with E-state index in [1.165, 1.54) is 21.6 Å². The molecule has 0 radical (unpaired) electrons. The van der Waals surface area contributed by atoms with E-state index in [-0.39, 0.29) is 42.2 Å². The van der Waals surface area contributed by atoms with Crippen LogP contribution in [0.15, 0.2) is 0 Å².